The van der Waals surface area contributed by atoms with Gasteiger partial charge < -0.3 is 15.2 Å². The van der Waals surface area contributed by atoms with Crippen molar-refractivity contribution in [2.75, 3.05) is 0 Å². The molecule has 4 nitrogen and oxygen atoms in total. The Balaban J connectivity index is 3.39. The maximum absolute atomic E-state index is 12.4. The van der Waals surface area contributed by atoms with Gasteiger partial charge in [-0.25, -0.2) is 4.79 Å². The van der Waals surface area contributed by atoms with E-state index in [2.05, 4.69) is 0 Å². The molecule has 0 fully saturated rings. The molecule has 1 aromatic carbocycles. The van der Waals surface area contributed by atoms with Crippen LogP contribution in [0.4, 0.5) is 13.2 Å². The van der Waals surface area contributed by atoms with Crippen molar-refractivity contribution in [3.8, 4) is 0 Å². The highest BCUT2D eigenvalue weighted by Crippen LogP contribution is 2.31. The Hall–Kier alpha value is -1.54. The highest BCUT2D eigenvalue weighted by Gasteiger charge is 2.36. The van der Waals surface area contributed by atoms with Gasteiger partial charge in [-0.3, -0.25) is 0 Å². The number of hydrogen-bond donors (Lipinski definition) is 3. The van der Waals surface area contributed by atoms with Crippen LogP contribution in [0.1, 0.15) is 15.9 Å². The summed E-state index contributed by atoms with van der Waals surface area (Å²) >= 11 is 0. The smallest absolute Gasteiger partial charge is 0.478 e. The number of carboxylic acids is 1. The predicted octanol–water partition coefficient (Wildman–Crippen LogP) is 0.0834. The van der Waals surface area contributed by atoms with Crippen LogP contribution in [0.15, 0.2) is 18.2 Å². The standard InChI is InChI=1S/C8H6BF3O4/c10-8(11,12)6-3-4(9(15)16)1-2-5(6)7(13)14/h1-3,15-16H,(H,13,14). The van der Waals surface area contributed by atoms with Crippen molar-refractivity contribution in [1.29, 1.82) is 0 Å². The predicted molar refractivity (Wildman–Crippen MR) is 48.2 cm³/mol. The SMILES string of the molecule is O=C(O)c1ccc(B(O)O)cc1C(F)(F)F. The summed E-state index contributed by atoms with van der Waals surface area (Å²) in [6.45, 7) is 0. The fraction of sp³-hybridized carbons (Fsp3) is 0.125. The van der Waals surface area contributed by atoms with Gasteiger partial charge >= 0.3 is 19.3 Å². The fourth-order valence-electron chi connectivity index (χ4n) is 1.14. The summed E-state index contributed by atoms with van der Waals surface area (Å²) in [5.74, 6) is -1.73. The number of alkyl halides is 3. The van der Waals surface area contributed by atoms with Gasteiger partial charge in [0.15, 0.2) is 0 Å². The lowest BCUT2D eigenvalue weighted by atomic mass is 9.79. The molecule has 0 saturated heterocycles. The molecule has 3 N–H and O–H groups in total. The monoisotopic (exact) mass is 234 g/mol. The molecule has 0 spiro atoms. The lowest BCUT2D eigenvalue weighted by Crippen LogP contribution is -2.31. The third kappa shape index (κ3) is 2.53. The Morgan fingerprint density at radius 3 is 2.19 bits per heavy atom. The number of halogens is 3. The minimum absolute atomic E-state index is 0.397. The van der Waals surface area contributed by atoms with Gasteiger partial charge in [-0.05, 0) is 17.6 Å². The van der Waals surface area contributed by atoms with Crippen LogP contribution in [-0.2, 0) is 6.18 Å². The molecule has 0 aliphatic carbocycles. The average molecular weight is 234 g/mol. The zero-order valence-corrected chi connectivity index (χ0v) is 7.69. The van der Waals surface area contributed by atoms with Gasteiger partial charge in [0.25, 0.3) is 0 Å². The molecule has 0 amide bonds. The minimum Gasteiger partial charge on any atom is -0.478 e. The molecule has 0 radical (unpaired) electrons. The van der Waals surface area contributed by atoms with Gasteiger partial charge in [-0.1, -0.05) is 6.07 Å². The topological polar surface area (TPSA) is 77.8 Å². The number of carboxylic acid groups (broad SMARTS) is 1. The van der Waals surface area contributed by atoms with Gasteiger partial charge in [0.1, 0.15) is 0 Å². The van der Waals surface area contributed by atoms with E-state index in [4.69, 9.17) is 15.2 Å². The molecule has 0 unspecified atom stereocenters. The molecule has 0 bridgehead atoms. The molecule has 1 aromatic rings. The number of carbonyl (C=O) groups is 1. The van der Waals surface area contributed by atoms with Gasteiger partial charge in [-0.2, -0.15) is 13.2 Å². The maximum atomic E-state index is 12.4. The van der Waals surface area contributed by atoms with E-state index < -0.39 is 35.9 Å². The minimum atomic E-state index is -4.86. The van der Waals surface area contributed by atoms with E-state index in [1.807, 2.05) is 0 Å². The van der Waals surface area contributed by atoms with E-state index in [1.54, 1.807) is 0 Å². The molecular weight excluding hydrogens is 228 g/mol. The molecule has 86 valence electrons. The lowest BCUT2D eigenvalue weighted by molar-refractivity contribution is -0.138. The van der Waals surface area contributed by atoms with Crippen LogP contribution in [0.2, 0.25) is 0 Å². The second-order valence-corrected chi connectivity index (χ2v) is 2.98. The summed E-state index contributed by atoms with van der Waals surface area (Å²) in [4.78, 5) is 10.5. The summed E-state index contributed by atoms with van der Waals surface area (Å²) in [6.07, 6.45) is -4.86. The van der Waals surface area contributed by atoms with E-state index in [1.165, 1.54) is 0 Å². The molecule has 0 heterocycles. The Bertz CT molecular complexity index is 416. The van der Waals surface area contributed by atoms with Crippen LogP contribution in [0.25, 0.3) is 0 Å². The quantitative estimate of drug-likeness (QED) is 0.633. The van der Waals surface area contributed by atoms with Crippen LogP contribution >= 0.6 is 0 Å². The van der Waals surface area contributed by atoms with E-state index in [0.717, 1.165) is 6.07 Å². The van der Waals surface area contributed by atoms with Crippen LogP contribution in [0.5, 0.6) is 0 Å². The van der Waals surface area contributed by atoms with Gasteiger partial charge in [-0.15, -0.1) is 0 Å². The largest absolute Gasteiger partial charge is 0.488 e. The molecule has 0 aromatic heterocycles. The molecule has 0 atom stereocenters. The van der Waals surface area contributed by atoms with E-state index in [-0.39, 0.29) is 0 Å². The molecule has 8 heteroatoms. The van der Waals surface area contributed by atoms with E-state index >= 15 is 0 Å². The molecular formula is C8H6BF3O4. The first kappa shape index (κ1) is 12.5. The summed E-state index contributed by atoms with van der Waals surface area (Å²) < 4.78 is 37.3. The number of rotatable bonds is 2. The molecule has 0 saturated carbocycles. The first-order valence-corrected chi connectivity index (χ1v) is 4.04. The Morgan fingerprint density at radius 2 is 1.81 bits per heavy atom. The fourth-order valence-corrected chi connectivity index (χ4v) is 1.14. The third-order valence-corrected chi connectivity index (χ3v) is 1.88. The second-order valence-electron chi connectivity index (χ2n) is 2.98. The molecule has 0 aliphatic heterocycles. The second kappa shape index (κ2) is 4.15. The van der Waals surface area contributed by atoms with Crippen molar-refractivity contribution in [2.45, 2.75) is 6.18 Å². The van der Waals surface area contributed by atoms with Crippen molar-refractivity contribution >= 4 is 18.6 Å². The molecule has 0 aliphatic rings. The third-order valence-electron chi connectivity index (χ3n) is 1.88. The van der Waals surface area contributed by atoms with Crippen LogP contribution in [0, 0.1) is 0 Å². The Kier molecular flexibility index (Phi) is 3.25. The van der Waals surface area contributed by atoms with Crippen molar-refractivity contribution in [3.05, 3.63) is 29.3 Å². The van der Waals surface area contributed by atoms with Crippen molar-refractivity contribution in [3.63, 3.8) is 0 Å². The van der Waals surface area contributed by atoms with Crippen molar-refractivity contribution in [1.82, 2.24) is 0 Å². The number of aromatic carboxylic acids is 1. The van der Waals surface area contributed by atoms with E-state index in [0.29, 0.717) is 12.1 Å². The zero-order chi connectivity index (χ0) is 12.5. The van der Waals surface area contributed by atoms with Gasteiger partial charge in [0, 0.05) is 0 Å². The molecule has 16 heavy (non-hydrogen) atoms. The Morgan fingerprint density at radius 1 is 1.25 bits per heavy atom. The van der Waals surface area contributed by atoms with Crippen LogP contribution < -0.4 is 5.46 Å². The maximum Gasteiger partial charge on any atom is 0.488 e. The average Bonchev–Trinajstić information content (AvgIpc) is 2.15. The highest BCUT2D eigenvalue weighted by molar-refractivity contribution is 6.58. The highest BCUT2D eigenvalue weighted by atomic mass is 19.4. The van der Waals surface area contributed by atoms with Crippen LogP contribution in [0.3, 0.4) is 0 Å². The molecule has 1 rings (SSSR count). The Labute approximate surface area is 88.1 Å². The normalized spacial score (nSPS) is 11.3. The summed E-state index contributed by atoms with van der Waals surface area (Å²) in [7, 11) is -2.08. The number of benzene rings is 1. The van der Waals surface area contributed by atoms with Crippen molar-refractivity contribution < 1.29 is 33.1 Å². The summed E-state index contributed by atoms with van der Waals surface area (Å²) in [6, 6.07) is 1.98. The van der Waals surface area contributed by atoms with Crippen molar-refractivity contribution in [2.24, 2.45) is 0 Å². The number of hydrogen-bond acceptors (Lipinski definition) is 3. The van der Waals surface area contributed by atoms with Crippen LogP contribution in [-0.4, -0.2) is 28.2 Å². The summed E-state index contributed by atoms with van der Waals surface area (Å²) in [5.41, 5.74) is -2.76. The zero-order valence-electron chi connectivity index (χ0n) is 7.69. The summed E-state index contributed by atoms with van der Waals surface area (Å²) in [5, 5.41) is 25.9. The van der Waals surface area contributed by atoms with Gasteiger partial charge in [0.05, 0.1) is 11.1 Å². The first-order chi connectivity index (χ1) is 7.23. The van der Waals surface area contributed by atoms with Gasteiger partial charge in [0.2, 0.25) is 0 Å². The first-order valence-electron chi connectivity index (χ1n) is 4.04. The lowest BCUT2D eigenvalue weighted by Gasteiger charge is -2.11. The van der Waals surface area contributed by atoms with E-state index in [9.17, 15) is 18.0 Å².